The highest BCUT2D eigenvalue weighted by atomic mass is 79.9. The van der Waals surface area contributed by atoms with Gasteiger partial charge < -0.3 is 10.1 Å². The van der Waals surface area contributed by atoms with Gasteiger partial charge in [-0.3, -0.25) is 4.90 Å². The van der Waals surface area contributed by atoms with Crippen LogP contribution in [0, 0.1) is 5.82 Å². The summed E-state index contributed by atoms with van der Waals surface area (Å²) in [4.78, 5) is 2.42. The van der Waals surface area contributed by atoms with Gasteiger partial charge in [0, 0.05) is 19.6 Å². The van der Waals surface area contributed by atoms with Gasteiger partial charge in [0.05, 0.1) is 17.7 Å². The quantitative estimate of drug-likeness (QED) is 0.810. The SMILES string of the molecule is Fc1cccc(CNCCCN2CCOCC2)c1Br. The molecule has 19 heavy (non-hydrogen) atoms. The predicted octanol–water partition coefficient (Wildman–Crippen LogP) is 2.40. The number of rotatable bonds is 6. The van der Waals surface area contributed by atoms with E-state index in [-0.39, 0.29) is 5.82 Å². The highest BCUT2D eigenvalue weighted by Gasteiger charge is 2.09. The van der Waals surface area contributed by atoms with Crippen molar-refractivity contribution in [1.82, 2.24) is 10.2 Å². The molecule has 1 aromatic carbocycles. The summed E-state index contributed by atoms with van der Waals surface area (Å²) in [6.45, 7) is 6.51. The van der Waals surface area contributed by atoms with E-state index in [1.807, 2.05) is 6.07 Å². The van der Waals surface area contributed by atoms with E-state index >= 15 is 0 Å². The molecule has 0 amide bonds. The van der Waals surface area contributed by atoms with Crippen LogP contribution in [0.2, 0.25) is 0 Å². The number of halogens is 2. The molecule has 0 unspecified atom stereocenters. The van der Waals surface area contributed by atoms with Crippen LogP contribution in [-0.2, 0) is 11.3 Å². The summed E-state index contributed by atoms with van der Waals surface area (Å²) in [5.74, 6) is -0.201. The minimum Gasteiger partial charge on any atom is -0.379 e. The Morgan fingerprint density at radius 3 is 2.89 bits per heavy atom. The van der Waals surface area contributed by atoms with E-state index in [9.17, 15) is 4.39 Å². The molecule has 1 saturated heterocycles. The molecule has 1 fully saturated rings. The molecule has 1 aliphatic heterocycles. The van der Waals surface area contributed by atoms with E-state index in [0.29, 0.717) is 11.0 Å². The Balaban J connectivity index is 1.62. The Hall–Kier alpha value is -0.490. The fourth-order valence-electron chi connectivity index (χ4n) is 2.16. The Labute approximate surface area is 122 Å². The molecular formula is C14H20BrFN2O. The minimum atomic E-state index is -0.201. The Kier molecular flexibility index (Phi) is 6.23. The van der Waals surface area contributed by atoms with E-state index < -0.39 is 0 Å². The van der Waals surface area contributed by atoms with Crippen molar-refractivity contribution in [1.29, 1.82) is 0 Å². The Morgan fingerprint density at radius 2 is 2.11 bits per heavy atom. The first kappa shape index (κ1) is 14.9. The van der Waals surface area contributed by atoms with E-state index in [0.717, 1.165) is 51.4 Å². The van der Waals surface area contributed by atoms with Gasteiger partial charge in [-0.2, -0.15) is 0 Å². The third-order valence-corrected chi connectivity index (χ3v) is 4.17. The van der Waals surface area contributed by atoms with Gasteiger partial charge in [0.25, 0.3) is 0 Å². The number of hydrogen-bond acceptors (Lipinski definition) is 3. The van der Waals surface area contributed by atoms with Crippen molar-refractivity contribution < 1.29 is 9.13 Å². The molecule has 0 saturated carbocycles. The molecule has 1 aromatic rings. The largest absolute Gasteiger partial charge is 0.379 e. The number of morpholine rings is 1. The molecule has 2 rings (SSSR count). The summed E-state index contributed by atoms with van der Waals surface area (Å²) < 4.78 is 19.2. The van der Waals surface area contributed by atoms with Gasteiger partial charge in [-0.1, -0.05) is 12.1 Å². The molecule has 1 aliphatic rings. The molecule has 0 spiro atoms. The van der Waals surface area contributed by atoms with Crippen molar-refractivity contribution in [3.8, 4) is 0 Å². The molecular weight excluding hydrogens is 311 g/mol. The number of hydrogen-bond donors (Lipinski definition) is 1. The monoisotopic (exact) mass is 330 g/mol. The predicted molar refractivity (Wildman–Crippen MR) is 77.7 cm³/mol. The van der Waals surface area contributed by atoms with E-state index in [1.54, 1.807) is 6.07 Å². The van der Waals surface area contributed by atoms with E-state index in [1.165, 1.54) is 6.07 Å². The molecule has 0 bridgehead atoms. The molecule has 0 radical (unpaired) electrons. The summed E-state index contributed by atoms with van der Waals surface area (Å²) in [6, 6.07) is 5.14. The highest BCUT2D eigenvalue weighted by molar-refractivity contribution is 9.10. The molecule has 1 N–H and O–H groups in total. The van der Waals surface area contributed by atoms with E-state index in [4.69, 9.17) is 4.74 Å². The standard InChI is InChI=1S/C14H20BrFN2O/c15-14-12(3-1-4-13(14)16)11-17-5-2-6-18-7-9-19-10-8-18/h1,3-4,17H,2,5-11H2. The first-order chi connectivity index (χ1) is 9.27. The van der Waals surface area contributed by atoms with Crippen LogP contribution in [0.5, 0.6) is 0 Å². The average molecular weight is 331 g/mol. The lowest BCUT2D eigenvalue weighted by atomic mass is 10.2. The zero-order valence-corrected chi connectivity index (χ0v) is 12.6. The van der Waals surface area contributed by atoms with Gasteiger partial charge in [0.2, 0.25) is 0 Å². The van der Waals surface area contributed by atoms with Gasteiger partial charge in [0.1, 0.15) is 5.82 Å². The lowest BCUT2D eigenvalue weighted by Gasteiger charge is -2.26. The van der Waals surface area contributed by atoms with Crippen LogP contribution < -0.4 is 5.32 Å². The lowest BCUT2D eigenvalue weighted by Crippen LogP contribution is -2.37. The van der Waals surface area contributed by atoms with Gasteiger partial charge in [-0.05, 0) is 47.1 Å². The normalized spacial score (nSPS) is 16.7. The molecule has 5 heteroatoms. The zero-order chi connectivity index (χ0) is 13.5. The van der Waals surface area contributed by atoms with Crippen LogP contribution in [0.4, 0.5) is 4.39 Å². The van der Waals surface area contributed by atoms with Gasteiger partial charge in [0.15, 0.2) is 0 Å². The van der Waals surface area contributed by atoms with Gasteiger partial charge in [-0.25, -0.2) is 4.39 Å². The van der Waals surface area contributed by atoms with Crippen molar-refractivity contribution in [2.45, 2.75) is 13.0 Å². The average Bonchev–Trinajstić information content (AvgIpc) is 2.44. The minimum absolute atomic E-state index is 0.201. The second-order valence-corrected chi connectivity index (χ2v) is 5.49. The summed E-state index contributed by atoms with van der Waals surface area (Å²) in [5.41, 5.74) is 0.964. The van der Waals surface area contributed by atoms with E-state index in [2.05, 4.69) is 26.1 Å². The summed E-state index contributed by atoms with van der Waals surface area (Å²) in [7, 11) is 0. The van der Waals surface area contributed by atoms with Crippen molar-refractivity contribution >= 4 is 15.9 Å². The first-order valence-electron chi connectivity index (χ1n) is 6.71. The molecule has 106 valence electrons. The van der Waals surface area contributed by atoms with Crippen molar-refractivity contribution in [3.63, 3.8) is 0 Å². The van der Waals surface area contributed by atoms with Crippen molar-refractivity contribution in [3.05, 3.63) is 34.1 Å². The third kappa shape index (κ3) is 4.84. The molecule has 0 atom stereocenters. The van der Waals surface area contributed by atoms with Crippen LogP contribution in [0.15, 0.2) is 22.7 Å². The van der Waals surface area contributed by atoms with Crippen LogP contribution >= 0.6 is 15.9 Å². The fourth-order valence-corrected chi connectivity index (χ4v) is 2.56. The summed E-state index contributed by atoms with van der Waals surface area (Å²) >= 11 is 3.27. The zero-order valence-electron chi connectivity index (χ0n) is 11.0. The summed E-state index contributed by atoms with van der Waals surface area (Å²) in [5, 5.41) is 3.35. The maximum Gasteiger partial charge on any atom is 0.137 e. The molecule has 3 nitrogen and oxygen atoms in total. The number of benzene rings is 1. The number of nitrogens with one attached hydrogen (secondary N) is 1. The maximum atomic E-state index is 13.3. The van der Waals surface area contributed by atoms with Crippen molar-refractivity contribution in [2.24, 2.45) is 0 Å². The number of ether oxygens (including phenoxy) is 1. The Morgan fingerprint density at radius 1 is 1.32 bits per heavy atom. The number of nitrogens with zero attached hydrogens (tertiary/aromatic N) is 1. The van der Waals surface area contributed by atoms with Crippen LogP contribution in [0.1, 0.15) is 12.0 Å². The van der Waals surface area contributed by atoms with Gasteiger partial charge >= 0.3 is 0 Å². The maximum absolute atomic E-state index is 13.3. The van der Waals surface area contributed by atoms with Crippen LogP contribution in [0.3, 0.4) is 0 Å². The second-order valence-electron chi connectivity index (χ2n) is 4.70. The molecule has 0 aromatic heterocycles. The second kappa shape index (κ2) is 7.94. The van der Waals surface area contributed by atoms with Crippen molar-refractivity contribution in [2.75, 3.05) is 39.4 Å². The first-order valence-corrected chi connectivity index (χ1v) is 7.50. The summed E-state index contributed by atoms with van der Waals surface area (Å²) in [6.07, 6.45) is 1.10. The highest BCUT2D eigenvalue weighted by Crippen LogP contribution is 2.19. The third-order valence-electron chi connectivity index (χ3n) is 3.28. The topological polar surface area (TPSA) is 24.5 Å². The molecule has 1 heterocycles. The molecule has 0 aliphatic carbocycles. The Bertz CT molecular complexity index is 397. The van der Waals surface area contributed by atoms with Crippen LogP contribution in [0.25, 0.3) is 0 Å². The fraction of sp³-hybridized carbons (Fsp3) is 0.571. The lowest BCUT2D eigenvalue weighted by molar-refractivity contribution is 0.0374. The van der Waals surface area contributed by atoms with Gasteiger partial charge in [-0.15, -0.1) is 0 Å². The smallest absolute Gasteiger partial charge is 0.137 e. The van der Waals surface area contributed by atoms with Crippen LogP contribution in [-0.4, -0.2) is 44.3 Å².